The minimum Gasteiger partial charge on any atom is -0.324 e. The van der Waals surface area contributed by atoms with Gasteiger partial charge in [0.2, 0.25) is 11.7 Å². The highest BCUT2D eigenvalue weighted by Gasteiger charge is 2.12. The average molecular weight is 398 g/mol. The van der Waals surface area contributed by atoms with Gasteiger partial charge in [0.05, 0.1) is 17.6 Å². The molecule has 4 heterocycles. The van der Waals surface area contributed by atoms with Gasteiger partial charge in [-0.25, -0.2) is 19.9 Å². The lowest BCUT2D eigenvalue weighted by Gasteiger charge is -2.07. The number of ketones is 1. The summed E-state index contributed by atoms with van der Waals surface area (Å²) >= 11 is 1.33. The second kappa shape index (κ2) is 7.25. The maximum atomic E-state index is 12.4. The van der Waals surface area contributed by atoms with Crippen LogP contribution in [0.15, 0.2) is 78.7 Å². The molecule has 0 amide bonds. The molecule has 0 aliphatic rings. The number of hydrogen-bond donors (Lipinski definition) is 1. The molecule has 7 nitrogen and oxygen atoms in total. The average Bonchev–Trinajstić information content (AvgIpc) is 3.44. The van der Waals surface area contributed by atoms with Crippen LogP contribution in [0.3, 0.4) is 0 Å². The summed E-state index contributed by atoms with van der Waals surface area (Å²) in [6.45, 7) is 0. The number of rotatable bonds is 5. The molecule has 140 valence electrons. The first-order valence-electron chi connectivity index (χ1n) is 8.85. The van der Waals surface area contributed by atoms with Gasteiger partial charge < -0.3 is 5.32 Å². The predicted octanol–water partition coefficient (Wildman–Crippen LogP) is 4.22. The van der Waals surface area contributed by atoms with Gasteiger partial charge in [0.25, 0.3) is 0 Å². The van der Waals surface area contributed by atoms with E-state index in [0.29, 0.717) is 16.5 Å². The van der Waals surface area contributed by atoms with E-state index in [9.17, 15) is 4.79 Å². The van der Waals surface area contributed by atoms with Crippen molar-refractivity contribution in [2.45, 2.75) is 0 Å². The summed E-state index contributed by atoms with van der Waals surface area (Å²) in [7, 11) is 0. The lowest BCUT2D eigenvalue weighted by atomic mass is 10.1. The van der Waals surface area contributed by atoms with Crippen LogP contribution in [0.2, 0.25) is 0 Å². The van der Waals surface area contributed by atoms with Crippen molar-refractivity contribution in [1.82, 2.24) is 24.3 Å². The molecule has 0 unspecified atom stereocenters. The van der Waals surface area contributed by atoms with Crippen LogP contribution in [0.5, 0.6) is 0 Å². The van der Waals surface area contributed by atoms with Crippen LogP contribution in [0.25, 0.3) is 17.0 Å². The quantitative estimate of drug-likeness (QED) is 0.446. The van der Waals surface area contributed by atoms with E-state index < -0.39 is 0 Å². The van der Waals surface area contributed by atoms with Gasteiger partial charge in [-0.3, -0.25) is 9.20 Å². The number of nitrogens with one attached hydrogen (secondary N) is 1. The van der Waals surface area contributed by atoms with E-state index in [2.05, 4.69) is 25.3 Å². The highest BCUT2D eigenvalue weighted by atomic mass is 32.1. The molecule has 0 radical (unpaired) electrons. The molecule has 0 bridgehead atoms. The standard InChI is InChI=1S/C21H14N6OS/c28-19(20-22-10-12-29-20)14-4-6-15(7-5-14)25-21-23-9-8-16(26-21)17-13-24-18-3-1-2-11-27(17)18/h1-13H,(H,23,25,26). The Morgan fingerprint density at radius 3 is 2.69 bits per heavy atom. The van der Waals surface area contributed by atoms with Gasteiger partial charge >= 0.3 is 0 Å². The van der Waals surface area contributed by atoms with Crippen LogP contribution in [-0.4, -0.2) is 30.1 Å². The number of hydrogen-bond acceptors (Lipinski definition) is 7. The third-order valence-corrected chi connectivity index (χ3v) is 5.14. The van der Waals surface area contributed by atoms with Gasteiger partial charge in [0.15, 0.2) is 5.01 Å². The molecule has 8 heteroatoms. The fourth-order valence-corrected chi connectivity index (χ4v) is 3.57. The van der Waals surface area contributed by atoms with Crippen molar-refractivity contribution >= 4 is 34.4 Å². The molecule has 4 aromatic heterocycles. The van der Waals surface area contributed by atoms with E-state index in [4.69, 9.17) is 0 Å². The van der Waals surface area contributed by atoms with E-state index in [1.165, 1.54) is 11.3 Å². The minimum absolute atomic E-state index is 0.0857. The Morgan fingerprint density at radius 1 is 0.966 bits per heavy atom. The third kappa shape index (κ3) is 3.37. The Bertz CT molecular complexity index is 1290. The first-order valence-corrected chi connectivity index (χ1v) is 9.73. The fourth-order valence-electron chi connectivity index (χ4n) is 2.98. The molecule has 1 N–H and O–H groups in total. The summed E-state index contributed by atoms with van der Waals surface area (Å²) in [5, 5.41) is 5.45. The largest absolute Gasteiger partial charge is 0.324 e. The molecular weight excluding hydrogens is 384 g/mol. The number of pyridine rings is 1. The van der Waals surface area contributed by atoms with Crippen molar-refractivity contribution in [2.75, 3.05) is 5.32 Å². The second-order valence-corrected chi connectivity index (χ2v) is 7.10. The van der Waals surface area contributed by atoms with Crippen LogP contribution < -0.4 is 5.32 Å². The summed E-state index contributed by atoms with van der Waals surface area (Å²) in [5.41, 5.74) is 3.88. The first-order chi connectivity index (χ1) is 14.3. The number of imidazole rings is 1. The van der Waals surface area contributed by atoms with Crippen molar-refractivity contribution in [3.8, 4) is 11.4 Å². The number of aromatic nitrogens is 5. The molecular formula is C21H14N6OS. The van der Waals surface area contributed by atoms with Crippen molar-refractivity contribution in [2.24, 2.45) is 0 Å². The zero-order valence-electron chi connectivity index (χ0n) is 15.1. The van der Waals surface area contributed by atoms with Crippen LogP contribution in [0.1, 0.15) is 15.4 Å². The molecule has 0 aliphatic carbocycles. The summed E-state index contributed by atoms with van der Waals surface area (Å²) in [4.78, 5) is 29.7. The lowest BCUT2D eigenvalue weighted by molar-refractivity contribution is 0.103. The molecule has 0 atom stereocenters. The smallest absolute Gasteiger partial charge is 0.227 e. The summed E-state index contributed by atoms with van der Waals surface area (Å²) in [6, 6.07) is 14.9. The van der Waals surface area contributed by atoms with E-state index in [1.807, 2.05) is 47.0 Å². The molecule has 0 saturated carbocycles. The number of benzene rings is 1. The van der Waals surface area contributed by atoms with Crippen molar-refractivity contribution in [3.05, 3.63) is 89.3 Å². The maximum Gasteiger partial charge on any atom is 0.227 e. The van der Waals surface area contributed by atoms with Crippen LogP contribution >= 0.6 is 11.3 Å². The normalized spacial score (nSPS) is 10.9. The van der Waals surface area contributed by atoms with Crippen LogP contribution in [0.4, 0.5) is 11.6 Å². The van der Waals surface area contributed by atoms with E-state index >= 15 is 0 Å². The molecule has 1 aromatic carbocycles. The van der Waals surface area contributed by atoms with Crippen molar-refractivity contribution in [1.29, 1.82) is 0 Å². The van der Waals surface area contributed by atoms with Crippen LogP contribution in [-0.2, 0) is 0 Å². The molecule has 0 spiro atoms. The second-order valence-electron chi connectivity index (χ2n) is 6.21. The fraction of sp³-hybridized carbons (Fsp3) is 0. The Labute approximate surface area is 169 Å². The Balaban J connectivity index is 1.39. The maximum absolute atomic E-state index is 12.4. The van der Waals surface area contributed by atoms with E-state index in [-0.39, 0.29) is 5.78 Å². The first kappa shape index (κ1) is 17.2. The van der Waals surface area contributed by atoms with E-state index in [1.54, 1.807) is 36.1 Å². The summed E-state index contributed by atoms with van der Waals surface area (Å²) in [5.74, 6) is 0.379. The number of thiazole rings is 1. The molecule has 29 heavy (non-hydrogen) atoms. The van der Waals surface area contributed by atoms with E-state index in [0.717, 1.165) is 22.7 Å². The van der Waals surface area contributed by atoms with Gasteiger partial charge in [-0.05, 0) is 42.5 Å². The molecule has 0 fully saturated rings. The predicted molar refractivity (Wildman–Crippen MR) is 111 cm³/mol. The highest BCUT2D eigenvalue weighted by molar-refractivity contribution is 7.11. The molecule has 5 aromatic rings. The molecule has 0 saturated heterocycles. The number of anilines is 2. The zero-order valence-corrected chi connectivity index (χ0v) is 15.9. The monoisotopic (exact) mass is 398 g/mol. The SMILES string of the molecule is O=C(c1ccc(Nc2nccc(-c3cnc4ccccn34)n2)cc1)c1nccs1. The van der Waals surface area contributed by atoms with Crippen molar-refractivity contribution < 1.29 is 4.79 Å². The summed E-state index contributed by atoms with van der Waals surface area (Å²) < 4.78 is 1.98. The van der Waals surface area contributed by atoms with Crippen molar-refractivity contribution in [3.63, 3.8) is 0 Å². The van der Waals surface area contributed by atoms with Gasteiger partial charge in [-0.2, -0.15) is 0 Å². The number of nitrogens with zero attached hydrogens (tertiary/aromatic N) is 5. The lowest BCUT2D eigenvalue weighted by Crippen LogP contribution is -2.02. The summed E-state index contributed by atoms with van der Waals surface area (Å²) in [6.07, 6.45) is 7.07. The molecule has 5 rings (SSSR count). The third-order valence-electron chi connectivity index (χ3n) is 4.36. The molecule has 0 aliphatic heterocycles. The number of carbonyl (C=O) groups excluding carboxylic acids is 1. The minimum atomic E-state index is -0.0857. The number of fused-ring (bicyclic) bond motifs is 1. The zero-order chi connectivity index (χ0) is 19.6. The highest BCUT2D eigenvalue weighted by Crippen LogP contribution is 2.21. The Hall–Kier alpha value is -3.91. The Morgan fingerprint density at radius 2 is 1.86 bits per heavy atom. The van der Waals surface area contributed by atoms with Gasteiger partial charge in [0.1, 0.15) is 5.65 Å². The topological polar surface area (TPSA) is 85.1 Å². The number of carbonyl (C=O) groups is 1. The van der Waals surface area contributed by atoms with Crippen LogP contribution in [0, 0.1) is 0 Å². The van der Waals surface area contributed by atoms with Gasteiger partial charge in [-0.1, -0.05) is 6.07 Å². The van der Waals surface area contributed by atoms with Gasteiger partial charge in [0, 0.05) is 35.2 Å². The van der Waals surface area contributed by atoms with Gasteiger partial charge in [-0.15, -0.1) is 11.3 Å². The Kier molecular flexibility index (Phi) is 4.30.